The molecule has 146 valence electrons. The summed E-state index contributed by atoms with van der Waals surface area (Å²) < 4.78 is 15.0. The molecule has 0 aliphatic carbocycles. The summed E-state index contributed by atoms with van der Waals surface area (Å²) in [5.74, 6) is 0.742. The Bertz CT molecular complexity index is 936. The number of piperidine rings is 1. The summed E-state index contributed by atoms with van der Waals surface area (Å²) in [6.07, 6.45) is 2.09. The number of hydrogen-bond donors (Lipinski definition) is 1. The second-order valence-electron chi connectivity index (χ2n) is 6.94. The summed E-state index contributed by atoms with van der Waals surface area (Å²) in [7, 11) is 1.93. The third-order valence-electron chi connectivity index (χ3n) is 4.91. The first kappa shape index (κ1) is 18.8. The summed E-state index contributed by atoms with van der Waals surface area (Å²) in [6, 6.07) is 9.90. The summed E-state index contributed by atoms with van der Waals surface area (Å²) in [5, 5.41) is 9.64. The smallest absolute Gasteiger partial charge is 0.293 e. The van der Waals surface area contributed by atoms with E-state index in [0.717, 1.165) is 30.8 Å². The van der Waals surface area contributed by atoms with Crippen molar-refractivity contribution >= 4 is 17.2 Å². The largest absolute Gasteiger partial charge is 0.336 e. The zero-order chi connectivity index (χ0) is 19.5. The molecule has 1 aliphatic rings. The Kier molecular flexibility index (Phi) is 5.50. The molecule has 0 saturated carbocycles. The Hall–Kier alpha value is -2.58. The van der Waals surface area contributed by atoms with E-state index in [4.69, 9.17) is 0 Å². The standard InChI is InChI=1S/C20H22FN5OS/c1-22-12-14-4-2-10-25(13-14)20(27)18-23-19(17-5-3-11-28-17)26(24-18)16-8-6-15(21)7-9-16/h3,5-9,11,14,22H,2,4,10,12-13H2,1H3. The van der Waals surface area contributed by atoms with E-state index in [1.54, 1.807) is 16.8 Å². The Morgan fingerprint density at radius 1 is 1.32 bits per heavy atom. The molecule has 0 bridgehead atoms. The van der Waals surface area contributed by atoms with Crippen LogP contribution in [-0.2, 0) is 0 Å². The van der Waals surface area contributed by atoms with E-state index in [9.17, 15) is 9.18 Å². The maximum atomic E-state index is 13.3. The van der Waals surface area contributed by atoms with Crippen LogP contribution in [0.1, 0.15) is 23.5 Å². The zero-order valence-electron chi connectivity index (χ0n) is 15.6. The number of benzene rings is 1. The van der Waals surface area contributed by atoms with Gasteiger partial charge in [-0.15, -0.1) is 16.4 Å². The van der Waals surface area contributed by atoms with Crippen molar-refractivity contribution in [1.82, 2.24) is 25.0 Å². The fourth-order valence-electron chi connectivity index (χ4n) is 3.58. The van der Waals surface area contributed by atoms with Gasteiger partial charge < -0.3 is 10.2 Å². The Morgan fingerprint density at radius 3 is 2.86 bits per heavy atom. The van der Waals surface area contributed by atoms with Crippen LogP contribution in [0.25, 0.3) is 16.4 Å². The van der Waals surface area contributed by atoms with Crippen LogP contribution in [-0.4, -0.2) is 52.3 Å². The Balaban J connectivity index is 1.67. The second kappa shape index (κ2) is 8.20. The highest BCUT2D eigenvalue weighted by Crippen LogP contribution is 2.26. The molecular weight excluding hydrogens is 377 g/mol. The molecule has 1 atom stereocenters. The highest BCUT2D eigenvalue weighted by molar-refractivity contribution is 7.13. The monoisotopic (exact) mass is 399 g/mol. The lowest BCUT2D eigenvalue weighted by molar-refractivity contribution is 0.0662. The van der Waals surface area contributed by atoms with Crippen molar-refractivity contribution in [3.63, 3.8) is 0 Å². The van der Waals surface area contributed by atoms with Gasteiger partial charge in [0.2, 0.25) is 5.82 Å². The number of carbonyl (C=O) groups excluding carboxylic acids is 1. The first-order valence-electron chi connectivity index (χ1n) is 9.36. The molecule has 1 unspecified atom stereocenters. The lowest BCUT2D eigenvalue weighted by Gasteiger charge is -2.31. The summed E-state index contributed by atoms with van der Waals surface area (Å²) in [4.78, 5) is 20.4. The van der Waals surface area contributed by atoms with Crippen molar-refractivity contribution in [1.29, 1.82) is 0 Å². The highest BCUT2D eigenvalue weighted by Gasteiger charge is 2.28. The van der Waals surface area contributed by atoms with Crippen LogP contribution in [0.5, 0.6) is 0 Å². The van der Waals surface area contributed by atoms with Crippen LogP contribution in [0.4, 0.5) is 4.39 Å². The minimum absolute atomic E-state index is 0.153. The third kappa shape index (κ3) is 3.83. The molecule has 1 aliphatic heterocycles. The average Bonchev–Trinajstić information content (AvgIpc) is 3.38. The van der Waals surface area contributed by atoms with Gasteiger partial charge in [0.15, 0.2) is 5.82 Å². The van der Waals surface area contributed by atoms with Gasteiger partial charge in [-0.05, 0) is 68.1 Å². The SMILES string of the molecule is CNCC1CCCN(C(=O)c2nc(-c3cccs3)n(-c3ccc(F)cc3)n2)C1. The molecule has 1 aromatic carbocycles. The predicted octanol–water partition coefficient (Wildman–Crippen LogP) is 3.21. The van der Waals surface area contributed by atoms with Crippen molar-refractivity contribution in [2.24, 2.45) is 5.92 Å². The Morgan fingerprint density at radius 2 is 2.14 bits per heavy atom. The number of likely N-dealkylation sites (tertiary alicyclic amines) is 1. The molecule has 1 N–H and O–H groups in total. The maximum absolute atomic E-state index is 13.3. The fourth-order valence-corrected chi connectivity index (χ4v) is 4.27. The van der Waals surface area contributed by atoms with Gasteiger partial charge in [0.1, 0.15) is 5.82 Å². The summed E-state index contributed by atoms with van der Waals surface area (Å²) in [6.45, 7) is 2.32. The maximum Gasteiger partial charge on any atom is 0.293 e. The first-order valence-corrected chi connectivity index (χ1v) is 10.2. The lowest BCUT2D eigenvalue weighted by Crippen LogP contribution is -2.42. The van der Waals surface area contributed by atoms with Crippen LogP contribution >= 0.6 is 11.3 Å². The molecule has 0 spiro atoms. The first-order chi connectivity index (χ1) is 13.7. The van der Waals surface area contributed by atoms with Crippen LogP contribution in [0.3, 0.4) is 0 Å². The summed E-state index contributed by atoms with van der Waals surface area (Å²) in [5.41, 5.74) is 0.669. The minimum Gasteiger partial charge on any atom is -0.336 e. The molecule has 1 fully saturated rings. The van der Waals surface area contributed by atoms with Gasteiger partial charge in [-0.25, -0.2) is 14.1 Å². The molecule has 28 heavy (non-hydrogen) atoms. The number of thiophene rings is 1. The molecule has 6 nitrogen and oxygen atoms in total. The van der Waals surface area contributed by atoms with Gasteiger partial charge in [-0.1, -0.05) is 6.07 Å². The molecule has 3 aromatic rings. The molecule has 0 radical (unpaired) electrons. The topological polar surface area (TPSA) is 63.1 Å². The molecule has 1 amide bonds. The molecule has 2 aromatic heterocycles. The van der Waals surface area contributed by atoms with E-state index >= 15 is 0 Å². The molecule has 3 heterocycles. The molecule has 8 heteroatoms. The van der Waals surface area contributed by atoms with Gasteiger partial charge in [0.25, 0.3) is 5.91 Å². The van der Waals surface area contributed by atoms with Crippen molar-refractivity contribution < 1.29 is 9.18 Å². The number of amides is 1. The van der Waals surface area contributed by atoms with Crippen molar-refractivity contribution in [2.75, 3.05) is 26.7 Å². The number of carbonyl (C=O) groups is 1. The van der Waals surface area contributed by atoms with Crippen LogP contribution in [0.15, 0.2) is 41.8 Å². The minimum atomic E-state index is -0.318. The van der Waals surface area contributed by atoms with E-state index in [0.29, 0.717) is 24.0 Å². The van der Waals surface area contributed by atoms with Gasteiger partial charge in [-0.2, -0.15) is 0 Å². The van der Waals surface area contributed by atoms with Crippen LogP contribution in [0, 0.1) is 11.7 Å². The summed E-state index contributed by atoms with van der Waals surface area (Å²) >= 11 is 1.53. The van der Waals surface area contributed by atoms with Gasteiger partial charge >= 0.3 is 0 Å². The molecule has 4 rings (SSSR count). The normalized spacial score (nSPS) is 17.1. The fraction of sp³-hybridized carbons (Fsp3) is 0.350. The number of nitrogens with zero attached hydrogens (tertiary/aromatic N) is 4. The third-order valence-corrected chi connectivity index (χ3v) is 5.78. The number of halogens is 1. The number of rotatable bonds is 5. The van der Waals surface area contributed by atoms with E-state index in [1.165, 1.54) is 23.5 Å². The quantitative estimate of drug-likeness (QED) is 0.716. The molecule has 1 saturated heterocycles. The second-order valence-corrected chi connectivity index (χ2v) is 7.89. The van der Waals surface area contributed by atoms with E-state index in [1.807, 2.05) is 29.5 Å². The van der Waals surface area contributed by atoms with E-state index < -0.39 is 0 Å². The average molecular weight is 399 g/mol. The highest BCUT2D eigenvalue weighted by atomic mass is 32.1. The van der Waals surface area contributed by atoms with Crippen LogP contribution < -0.4 is 5.32 Å². The van der Waals surface area contributed by atoms with Gasteiger partial charge in [0, 0.05) is 13.1 Å². The van der Waals surface area contributed by atoms with Crippen LogP contribution in [0.2, 0.25) is 0 Å². The lowest BCUT2D eigenvalue weighted by atomic mass is 9.98. The number of aromatic nitrogens is 3. The number of nitrogens with one attached hydrogen (secondary N) is 1. The van der Waals surface area contributed by atoms with Gasteiger partial charge in [0.05, 0.1) is 10.6 Å². The molecular formula is C20H22FN5OS. The van der Waals surface area contributed by atoms with Crippen molar-refractivity contribution in [3.8, 4) is 16.4 Å². The van der Waals surface area contributed by atoms with E-state index in [-0.39, 0.29) is 17.5 Å². The van der Waals surface area contributed by atoms with E-state index in [2.05, 4.69) is 15.4 Å². The zero-order valence-corrected chi connectivity index (χ0v) is 16.5. The van der Waals surface area contributed by atoms with Crippen molar-refractivity contribution in [3.05, 3.63) is 53.4 Å². The van der Waals surface area contributed by atoms with Gasteiger partial charge in [-0.3, -0.25) is 4.79 Å². The Labute approximate surface area is 167 Å². The number of hydrogen-bond acceptors (Lipinski definition) is 5. The predicted molar refractivity (Wildman–Crippen MR) is 107 cm³/mol. The van der Waals surface area contributed by atoms with Crippen molar-refractivity contribution in [2.45, 2.75) is 12.8 Å².